The third-order valence-electron chi connectivity index (χ3n) is 5.25. The lowest BCUT2D eigenvalue weighted by Gasteiger charge is -2.19. The molecule has 0 saturated heterocycles. The Labute approximate surface area is 141 Å². The van der Waals surface area contributed by atoms with Gasteiger partial charge in [-0.15, -0.1) is 0 Å². The fraction of sp³-hybridized carbons (Fsp3) is 0.571. The van der Waals surface area contributed by atoms with E-state index in [1.165, 1.54) is 48.9 Å². The second kappa shape index (κ2) is 6.90. The second-order valence-corrected chi connectivity index (χ2v) is 7.65. The van der Waals surface area contributed by atoms with Gasteiger partial charge in [0.15, 0.2) is 0 Å². The van der Waals surface area contributed by atoms with E-state index in [2.05, 4.69) is 73.7 Å². The van der Waals surface area contributed by atoms with Crippen LogP contribution in [-0.2, 0) is 0 Å². The van der Waals surface area contributed by atoms with Crippen molar-refractivity contribution in [3.8, 4) is 5.69 Å². The lowest BCUT2D eigenvalue weighted by atomic mass is 9.92. The lowest BCUT2D eigenvalue weighted by Crippen LogP contribution is -2.38. The summed E-state index contributed by atoms with van der Waals surface area (Å²) in [5.41, 5.74) is 4.29. The highest BCUT2D eigenvalue weighted by Gasteiger charge is 2.23. The number of rotatable bonds is 4. The van der Waals surface area contributed by atoms with E-state index >= 15 is 0 Å². The molecule has 1 fully saturated rings. The van der Waals surface area contributed by atoms with Crippen molar-refractivity contribution in [1.29, 1.82) is 0 Å². The van der Waals surface area contributed by atoms with Gasteiger partial charge >= 0.3 is 0 Å². The maximum Gasteiger partial charge on any atom is 0.249 e. The molecule has 1 aliphatic rings. The van der Waals surface area contributed by atoms with Crippen LogP contribution in [0.25, 0.3) is 5.69 Å². The zero-order valence-corrected chi connectivity index (χ0v) is 15.1. The molecule has 0 amide bonds. The number of imidazole rings is 1. The summed E-state index contributed by atoms with van der Waals surface area (Å²) >= 11 is 0. The Morgan fingerprint density at radius 1 is 0.957 bits per heavy atom. The smallest absolute Gasteiger partial charge is 0.234 e. The molecule has 0 aliphatic heterocycles. The Bertz CT molecular complexity index is 619. The van der Waals surface area contributed by atoms with Gasteiger partial charge in [-0.2, -0.15) is 0 Å². The number of hydrogen-bond acceptors (Lipinski definition) is 0. The zero-order valence-electron chi connectivity index (χ0n) is 15.1. The standard InChI is InChI=1S/C21H31N2/c1-16(2)19-11-8-12-20(17(3)4)21(19)23-14-13-22(15-23)18-9-6-5-7-10-18/h8,11-18H,5-7,9-10H2,1-4H3/q+1. The highest BCUT2D eigenvalue weighted by atomic mass is 15.1. The van der Waals surface area contributed by atoms with Crippen LogP contribution in [-0.4, -0.2) is 4.57 Å². The third kappa shape index (κ3) is 3.36. The van der Waals surface area contributed by atoms with E-state index in [0.29, 0.717) is 17.9 Å². The molecule has 1 saturated carbocycles. The molecule has 2 heteroatoms. The highest BCUT2D eigenvalue weighted by molar-refractivity contribution is 5.50. The molecule has 1 aromatic heterocycles. The minimum atomic E-state index is 0.536. The van der Waals surface area contributed by atoms with Gasteiger partial charge in [-0.25, -0.2) is 9.13 Å². The fourth-order valence-corrected chi connectivity index (χ4v) is 3.91. The van der Waals surface area contributed by atoms with Crippen LogP contribution in [0.4, 0.5) is 0 Å². The molecular formula is C21H31N2+. The van der Waals surface area contributed by atoms with Crippen LogP contribution in [0.1, 0.15) is 88.8 Å². The average molecular weight is 311 g/mol. The molecule has 2 nitrogen and oxygen atoms in total. The third-order valence-corrected chi connectivity index (χ3v) is 5.25. The molecule has 1 heterocycles. The first-order valence-corrected chi connectivity index (χ1v) is 9.30. The van der Waals surface area contributed by atoms with Gasteiger partial charge in [0.1, 0.15) is 24.1 Å². The first-order valence-electron chi connectivity index (χ1n) is 9.30. The summed E-state index contributed by atoms with van der Waals surface area (Å²) in [6.45, 7) is 9.17. The number of nitrogens with zero attached hydrogens (tertiary/aromatic N) is 2. The molecule has 1 aromatic carbocycles. The number of hydrogen-bond donors (Lipinski definition) is 0. The van der Waals surface area contributed by atoms with Crippen LogP contribution in [0.5, 0.6) is 0 Å². The van der Waals surface area contributed by atoms with E-state index < -0.39 is 0 Å². The lowest BCUT2D eigenvalue weighted by molar-refractivity contribution is -0.725. The number of benzene rings is 1. The van der Waals surface area contributed by atoms with E-state index in [9.17, 15) is 0 Å². The molecule has 0 unspecified atom stereocenters. The summed E-state index contributed by atoms with van der Waals surface area (Å²) in [6, 6.07) is 7.49. The second-order valence-electron chi connectivity index (χ2n) is 7.65. The van der Waals surface area contributed by atoms with Crippen molar-refractivity contribution in [3.63, 3.8) is 0 Å². The van der Waals surface area contributed by atoms with E-state index in [1.54, 1.807) is 0 Å². The summed E-state index contributed by atoms with van der Waals surface area (Å²) < 4.78 is 4.81. The average Bonchev–Trinajstić information content (AvgIpc) is 3.04. The quantitative estimate of drug-likeness (QED) is 0.658. The van der Waals surface area contributed by atoms with Crippen molar-refractivity contribution in [2.75, 3.05) is 0 Å². The van der Waals surface area contributed by atoms with E-state index in [-0.39, 0.29) is 0 Å². The van der Waals surface area contributed by atoms with Crippen molar-refractivity contribution >= 4 is 0 Å². The molecule has 3 rings (SSSR count). The van der Waals surface area contributed by atoms with Gasteiger partial charge in [0.25, 0.3) is 0 Å². The highest BCUT2D eigenvalue weighted by Crippen LogP contribution is 2.31. The Morgan fingerprint density at radius 3 is 2.13 bits per heavy atom. The summed E-state index contributed by atoms with van der Waals surface area (Å²) in [5, 5.41) is 0. The predicted molar refractivity (Wildman–Crippen MR) is 96.3 cm³/mol. The number of aromatic nitrogens is 2. The van der Waals surface area contributed by atoms with Crippen molar-refractivity contribution in [2.24, 2.45) is 0 Å². The summed E-state index contributed by atoms with van der Waals surface area (Å²) in [6.07, 6.45) is 13.7. The van der Waals surface area contributed by atoms with Crippen LogP contribution < -0.4 is 4.57 Å². The molecule has 0 atom stereocenters. The molecule has 124 valence electrons. The van der Waals surface area contributed by atoms with E-state index in [1.807, 2.05) is 0 Å². The summed E-state index contributed by atoms with van der Waals surface area (Å²) in [7, 11) is 0. The fourth-order valence-electron chi connectivity index (χ4n) is 3.91. The van der Waals surface area contributed by atoms with Crippen molar-refractivity contribution < 1.29 is 4.57 Å². The number of para-hydroxylation sites is 1. The first kappa shape index (κ1) is 16.3. The molecular weight excluding hydrogens is 280 g/mol. The van der Waals surface area contributed by atoms with Crippen molar-refractivity contribution in [3.05, 3.63) is 48.0 Å². The zero-order chi connectivity index (χ0) is 16.4. The molecule has 0 spiro atoms. The summed E-state index contributed by atoms with van der Waals surface area (Å²) in [5.74, 6) is 1.07. The van der Waals surface area contributed by atoms with Crippen molar-refractivity contribution in [2.45, 2.75) is 77.7 Å². The Morgan fingerprint density at radius 2 is 1.57 bits per heavy atom. The van der Waals surface area contributed by atoms with Gasteiger partial charge < -0.3 is 0 Å². The van der Waals surface area contributed by atoms with Crippen LogP contribution in [0.15, 0.2) is 36.9 Å². The van der Waals surface area contributed by atoms with Crippen LogP contribution in [0, 0.1) is 0 Å². The predicted octanol–water partition coefficient (Wildman–Crippen LogP) is 5.52. The molecule has 23 heavy (non-hydrogen) atoms. The van der Waals surface area contributed by atoms with Crippen molar-refractivity contribution in [1.82, 2.24) is 4.57 Å². The minimum absolute atomic E-state index is 0.536. The molecule has 0 bridgehead atoms. The van der Waals surface area contributed by atoms with Gasteiger partial charge in [0, 0.05) is 11.1 Å². The topological polar surface area (TPSA) is 8.81 Å². The maximum absolute atomic E-state index is 2.44. The molecule has 1 aliphatic carbocycles. The normalized spacial score (nSPS) is 16.4. The van der Waals surface area contributed by atoms with Crippen LogP contribution in [0.2, 0.25) is 0 Å². The Balaban J connectivity index is 2.02. The van der Waals surface area contributed by atoms with Gasteiger partial charge in [-0.05, 0) is 37.5 Å². The monoisotopic (exact) mass is 311 g/mol. The first-order chi connectivity index (χ1) is 11.1. The Kier molecular flexibility index (Phi) is 4.89. The van der Waals surface area contributed by atoms with E-state index in [0.717, 1.165) is 0 Å². The van der Waals surface area contributed by atoms with Crippen LogP contribution >= 0.6 is 0 Å². The van der Waals surface area contributed by atoms with Gasteiger partial charge in [-0.3, -0.25) is 0 Å². The van der Waals surface area contributed by atoms with Crippen LogP contribution in [0.3, 0.4) is 0 Å². The largest absolute Gasteiger partial charge is 0.249 e. The van der Waals surface area contributed by atoms with Gasteiger partial charge in [0.2, 0.25) is 6.33 Å². The molecule has 0 N–H and O–H groups in total. The molecule has 0 radical (unpaired) electrons. The summed E-state index contributed by atoms with van der Waals surface area (Å²) in [4.78, 5) is 0. The van der Waals surface area contributed by atoms with E-state index in [4.69, 9.17) is 0 Å². The Hall–Kier alpha value is -1.57. The minimum Gasteiger partial charge on any atom is -0.234 e. The van der Waals surface area contributed by atoms with Gasteiger partial charge in [0.05, 0.1) is 0 Å². The SMILES string of the molecule is CC(C)c1cccc(C(C)C)c1-n1cc[n+](C2CCCCC2)c1. The molecule has 2 aromatic rings. The van der Waals surface area contributed by atoms with Gasteiger partial charge in [-0.1, -0.05) is 52.3 Å². The maximum atomic E-state index is 2.44.